The highest BCUT2D eigenvalue weighted by molar-refractivity contribution is 7.10. The fraction of sp³-hybridized carbons (Fsp3) is 0.476. The van der Waals surface area contributed by atoms with Crippen LogP contribution in [0.3, 0.4) is 0 Å². The van der Waals surface area contributed by atoms with Gasteiger partial charge >= 0.3 is 0 Å². The number of aliphatic imine (C=N–C) groups is 1. The van der Waals surface area contributed by atoms with Gasteiger partial charge in [0.2, 0.25) is 0 Å². The predicted molar refractivity (Wildman–Crippen MR) is 115 cm³/mol. The van der Waals surface area contributed by atoms with Crippen LogP contribution in [0.15, 0.2) is 40.7 Å². The van der Waals surface area contributed by atoms with Crippen molar-refractivity contribution in [3.8, 4) is 11.5 Å². The number of thiophene rings is 1. The molecule has 1 aliphatic rings. The van der Waals surface area contributed by atoms with Crippen LogP contribution >= 0.6 is 11.3 Å². The summed E-state index contributed by atoms with van der Waals surface area (Å²) in [6.45, 7) is 6.31. The fourth-order valence-corrected chi connectivity index (χ4v) is 4.32. The van der Waals surface area contributed by atoms with Crippen LogP contribution in [0.5, 0.6) is 11.5 Å². The average molecular weight is 403 g/mol. The molecule has 1 aromatic carbocycles. The SMILES string of the molecule is CCNC(=NCc1cc(OC)ccc1O)NCC(c1cccs1)N1CCCC1. The molecule has 6 nitrogen and oxygen atoms in total. The molecular formula is C21H30N4O2S. The first-order valence-corrected chi connectivity index (χ1v) is 10.7. The number of nitrogens with one attached hydrogen (secondary N) is 2. The molecule has 1 fully saturated rings. The summed E-state index contributed by atoms with van der Waals surface area (Å²) in [6, 6.07) is 9.90. The topological polar surface area (TPSA) is 69.1 Å². The number of nitrogens with zero attached hydrogens (tertiary/aromatic N) is 2. The van der Waals surface area contributed by atoms with Crippen molar-refractivity contribution >= 4 is 17.3 Å². The van der Waals surface area contributed by atoms with E-state index in [9.17, 15) is 5.11 Å². The van der Waals surface area contributed by atoms with Crippen molar-refractivity contribution in [3.05, 3.63) is 46.2 Å². The van der Waals surface area contributed by atoms with E-state index in [1.807, 2.05) is 17.4 Å². The highest BCUT2D eigenvalue weighted by atomic mass is 32.1. The van der Waals surface area contributed by atoms with Crippen LogP contribution in [0, 0.1) is 0 Å². The molecular weight excluding hydrogens is 372 g/mol. The Labute approximate surface area is 171 Å². The molecule has 0 bridgehead atoms. The van der Waals surface area contributed by atoms with Crippen molar-refractivity contribution < 1.29 is 9.84 Å². The van der Waals surface area contributed by atoms with Crippen LogP contribution in [0.2, 0.25) is 0 Å². The number of rotatable bonds is 8. The van der Waals surface area contributed by atoms with Crippen molar-refractivity contribution in [1.29, 1.82) is 0 Å². The zero-order valence-corrected chi connectivity index (χ0v) is 17.5. The minimum absolute atomic E-state index is 0.230. The van der Waals surface area contributed by atoms with Crippen molar-refractivity contribution in [1.82, 2.24) is 15.5 Å². The lowest BCUT2D eigenvalue weighted by Gasteiger charge is -2.27. The van der Waals surface area contributed by atoms with Gasteiger partial charge in [0.25, 0.3) is 0 Å². The lowest BCUT2D eigenvalue weighted by Crippen LogP contribution is -2.42. The zero-order valence-electron chi connectivity index (χ0n) is 16.6. The average Bonchev–Trinajstić information content (AvgIpc) is 3.42. The van der Waals surface area contributed by atoms with Gasteiger partial charge in [0.1, 0.15) is 11.5 Å². The van der Waals surface area contributed by atoms with Crippen molar-refractivity contribution in [2.24, 2.45) is 4.99 Å². The summed E-state index contributed by atoms with van der Waals surface area (Å²) in [5.74, 6) is 1.70. The highest BCUT2D eigenvalue weighted by Gasteiger charge is 2.24. The van der Waals surface area contributed by atoms with Crippen LogP contribution in [-0.2, 0) is 6.54 Å². The molecule has 152 valence electrons. The number of likely N-dealkylation sites (tertiary alicyclic amines) is 1. The maximum absolute atomic E-state index is 10.1. The van der Waals surface area contributed by atoms with Gasteiger partial charge in [-0.05, 0) is 62.5 Å². The lowest BCUT2D eigenvalue weighted by molar-refractivity contribution is 0.249. The number of benzene rings is 1. The molecule has 28 heavy (non-hydrogen) atoms. The molecule has 1 atom stereocenters. The Hall–Kier alpha value is -2.25. The first-order chi connectivity index (χ1) is 13.7. The van der Waals surface area contributed by atoms with Crippen LogP contribution < -0.4 is 15.4 Å². The van der Waals surface area contributed by atoms with Gasteiger partial charge in [-0.1, -0.05) is 6.07 Å². The predicted octanol–water partition coefficient (Wildman–Crippen LogP) is 3.35. The standard InChI is InChI=1S/C21H30N4O2S/c1-3-22-21(23-14-16-13-17(27-2)8-9-19(16)26)24-15-18(20-7-6-12-28-20)25-10-4-5-11-25/h6-9,12-13,18,26H,3-5,10-11,14-15H2,1-2H3,(H2,22,23,24). The molecule has 0 amide bonds. The summed E-state index contributed by atoms with van der Waals surface area (Å²) < 4.78 is 5.25. The van der Waals surface area contributed by atoms with Gasteiger partial charge in [-0.15, -0.1) is 11.3 Å². The largest absolute Gasteiger partial charge is 0.508 e. The number of hydrogen-bond acceptors (Lipinski definition) is 5. The molecule has 0 saturated carbocycles. The number of methoxy groups -OCH3 is 1. The summed E-state index contributed by atoms with van der Waals surface area (Å²) in [7, 11) is 1.62. The van der Waals surface area contributed by atoms with Crippen molar-refractivity contribution in [2.75, 3.05) is 33.3 Å². The first-order valence-electron chi connectivity index (χ1n) is 9.86. The molecule has 7 heteroatoms. The number of hydrogen-bond donors (Lipinski definition) is 3. The van der Waals surface area contributed by atoms with Gasteiger partial charge in [0.15, 0.2) is 5.96 Å². The van der Waals surface area contributed by atoms with Crippen LogP contribution in [0.1, 0.15) is 36.2 Å². The van der Waals surface area contributed by atoms with E-state index in [1.54, 1.807) is 19.2 Å². The van der Waals surface area contributed by atoms with Crippen LogP contribution in [0.25, 0.3) is 0 Å². The summed E-state index contributed by atoms with van der Waals surface area (Å²) in [5.41, 5.74) is 0.742. The Morgan fingerprint density at radius 1 is 1.29 bits per heavy atom. The third-order valence-electron chi connectivity index (χ3n) is 4.95. The Morgan fingerprint density at radius 3 is 2.79 bits per heavy atom. The van der Waals surface area contributed by atoms with E-state index < -0.39 is 0 Å². The minimum Gasteiger partial charge on any atom is -0.508 e. The quantitative estimate of drug-likeness (QED) is 0.467. The molecule has 1 unspecified atom stereocenters. The summed E-state index contributed by atoms with van der Waals surface area (Å²) >= 11 is 1.81. The Bertz CT molecular complexity index is 758. The number of aromatic hydroxyl groups is 1. The molecule has 3 rings (SSSR count). The first kappa shape index (κ1) is 20.5. The normalized spacial score (nSPS) is 16.1. The highest BCUT2D eigenvalue weighted by Crippen LogP contribution is 2.28. The summed E-state index contributed by atoms with van der Waals surface area (Å²) in [5, 5.41) is 19.0. The second-order valence-electron chi connectivity index (χ2n) is 6.85. The third kappa shape index (κ3) is 5.39. The van der Waals surface area contributed by atoms with E-state index in [0.717, 1.165) is 37.7 Å². The molecule has 2 aromatic rings. The van der Waals surface area contributed by atoms with E-state index in [1.165, 1.54) is 17.7 Å². The molecule has 3 N–H and O–H groups in total. The van der Waals surface area contributed by atoms with E-state index in [2.05, 4.69) is 45.0 Å². The van der Waals surface area contributed by atoms with Crippen molar-refractivity contribution in [3.63, 3.8) is 0 Å². The van der Waals surface area contributed by atoms with E-state index in [-0.39, 0.29) is 5.75 Å². The van der Waals surface area contributed by atoms with Gasteiger partial charge < -0.3 is 20.5 Å². The van der Waals surface area contributed by atoms with Gasteiger partial charge in [-0.25, -0.2) is 4.99 Å². The maximum Gasteiger partial charge on any atom is 0.191 e. The molecule has 1 aliphatic heterocycles. The summed E-state index contributed by atoms with van der Waals surface area (Å²) in [4.78, 5) is 8.60. The zero-order chi connectivity index (χ0) is 19.8. The number of phenolic OH excluding ortho intramolecular Hbond substituents is 1. The number of ether oxygens (including phenoxy) is 1. The van der Waals surface area contributed by atoms with Gasteiger partial charge in [-0.2, -0.15) is 0 Å². The Kier molecular flexibility index (Phi) is 7.56. The Morgan fingerprint density at radius 2 is 2.11 bits per heavy atom. The van der Waals surface area contributed by atoms with Crippen LogP contribution in [0.4, 0.5) is 0 Å². The number of guanidine groups is 1. The van der Waals surface area contributed by atoms with Gasteiger partial charge in [0.05, 0.1) is 19.7 Å². The summed E-state index contributed by atoms with van der Waals surface area (Å²) in [6.07, 6.45) is 2.54. The van der Waals surface area contributed by atoms with Gasteiger partial charge in [0, 0.05) is 23.5 Å². The smallest absolute Gasteiger partial charge is 0.191 e. The molecule has 0 spiro atoms. The second-order valence-corrected chi connectivity index (χ2v) is 7.82. The second kappa shape index (κ2) is 10.3. The molecule has 0 radical (unpaired) electrons. The molecule has 1 saturated heterocycles. The van der Waals surface area contributed by atoms with Crippen molar-refractivity contribution in [2.45, 2.75) is 32.4 Å². The lowest BCUT2D eigenvalue weighted by atomic mass is 10.2. The van der Waals surface area contributed by atoms with E-state index >= 15 is 0 Å². The molecule has 0 aliphatic carbocycles. The monoisotopic (exact) mass is 402 g/mol. The fourth-order valence-electron chi connectivity index (χ4n) is 3.46. The molecule has 1 aromatic heterocycles. The number of phenols is 1. The van der Waals surface area contributed by atoms with E-state index in [4.69, 9.17) is 4.74 Å². The molecule has 2 heterocycles. The minimum atomic E-state index is 0.230. The van der Waals surface area contributed by atoms with E-state index in [0.29, 0.717) is 18.3 Å². The third-order valence-corrected chi connectivity index (χ3v) is 5.93. The maximum atomic E-state index is 10.1. The Balaban J connectivity index is 1.68. The van der Waals surface area contributed by atoms with Gasteiger partial charge in [-0.3, -0.25) is 4.90 Å². The van der Waals surface area contributed by atoms with Crippen LogP contribution in [-0.4, -0.2) is 49.3 Å².